The smallest absolute Gasteiger partial charge is 0.251 e. The lowest BCUT2D eigenvalue weighted by Crippen LogP contribution is -2.68. The highest BCUT2D eigenvalue weighted by Gasteiger charge is 2.71. The molecule has 5 aliphatic carbocycles. The fourth-order valence-corrected chi connectivity index (χ4v) is 12.1. The van der Waals surface area contributed by atoms with Crippen molar-refractivity contribution in [1.82, 2.24) is 10.6 Å². The van der Waals surface area contributed by atoms with Gasteiger partial charge in [-0.25, -0.2) is 0 Å². The molecule has 1 aromatic rings. The summed E-state index contributed by atoms with van der Waals surface area (Å²) in [6.07, 6.45) is 9.25. The zero-order chi connectivity index (χ0) is 34.4. The van der Waals surface area contributed by atoms with E-state index in [1.165, 1.54) is 17.7 Å². The van der Waals surface area contributed by atoms with Gasteiger partial charge in [0.25, 0.3) is 5.91 Å². The van der Waals surface area contributed by atoms with Gasteiger partial charge in [-0.2, -0.15) is 0 Å². The van der Waals surface area contributed by atoms with Gasteiger partial charge in [0.2, 0.25) is 5.91 Å². The molecule has 8 nitrogen and oxygen atoms in total. The van der Waals surface area contributed by atoms with Crippen LogP contribution in [0.4, 0.5) is 0 Å². The molecule has 4 fully saturated rings. The Kier molecular flexibility index (Phi) is 8.19. The highest BCUT2D eigenvalue weighted by molar-refractivity contribution is 5.95. The monoisotopic (exact) mass is 650 g/mol. The lowest BCUT2D eigenvalue weighted by Gasteiger charge is -2.71. The van der Waals surface area contributed by atoms with E-state index in [2.05, 4.69) is 65.2 Å². The summed E-state index contributed by atoms with van der Waals surface area (Å²) >= 11 is 0. The molecule has 0 saturated heterocycles. The van der Waals surface area contributed by atoms with Gasteiger partial charge in [0.05, 0.1) is 17.6 Å². The molecule has 0 bridgehead atoms. The van der Waals surface area contributed by atoms with Gasteiger partial charge in [-0.05, 0) is 115 Å². The van der Waals surface area contributed by atoms with E-state index in [4.69, 9.17) is 0 Å². The van der Waals surface area contributed by atoms with E-state index in [9.17, 15) is 30.0 Å². The Balaban J connectivity index is 1.26. The Morgan fingerprint density at radius 3 is 2.13 bits per heavy atom. The van der Waals surface area contributed by atoms with Crippen LogP contribution in [0.3, 0.4) is 0 Å². The molecular formula is C39H58N2O6. The third kappa shape index (κ3) is 5.05. The third-order valence-electron chi connectivity index (χ3n) is 14.9. The van der Waals surface area contributed by atoms with Crippen LogP contribution in [0.1, 0.15) is 117 Å². The number of phenols is 2. The Morgan fingerprint density at radius 1 is 0.787 bits per heavy atom. The predicted octanol–water partition coefficient (Wildman–Crippen LogP) is 6.08. The lowest BCUT2D eigenvalue weighted by atomic mass is 9.33. The van der Waals surface area contributed by atoms with Gasteiger partial charge < -0.3 is 31.1 Å². The molecule has 0 unspecified atom stereocenters. The molecule has 0 aliphatic heterocycles. The van der Waals surface area contributed by atoms with Gasteiger partial charge in [0, 0.05) is 24.7 Å². The molecule has 0 aromatic heterocycles. The Hall–Kier alpha value is -2.58. The molecule has 1 aromatic carbocycles. The lowest BCUT2D eigenvalue weighted by molar-refractivity contribution is -0.215. The summed E-state index contributed by atoms with van der Waals surface area (Å²) in [7, 11) is 0. The summed E-state index contributed by atoms with van der Waals surface area (Å²) in [6, 6.07) is 3.73. The summed E-state index contributed by atoms with van der Waals surface area (Å²) in [4.78, 5) is 27.0. The van der Waals surface area contributed by atoms with Crippen LogP contribution in [0.5, 0.6) is 11.5 Å². The molecule has 2 amide bonds. The van der Waals surface area contributed by atoms with Gasteiger partial charge >= 0.3 is 0 Å². The van der Waals surface area contributed by atoms with Crippen molar-refractivity contribution in [3.05, 3.63) is 35.4 Å². The number of fused-ring (bicyclic) bond motifs is 7. The minimum atomic E-state index is -0.927. The van der Waals surface area contributed by atoms with Crippen LogP contribution >= 0.6 is 0 Å². The maximum atomic E-state index is 14.4. The molecule has 47 heavy (non-hydrogen) atoms. The van der Waals surface area contributed by atoms with Crippen LogP contribution in [-0.2, 0) is 4.79 Å². The standard InChI is InChI=1S/C39H58N2O6/c1-34(2)14-15-39(33(47)41-17-16-40-32(46)23-18-24(42)20-25(43)19-23)27(21-34)26-8-9-29-36(5)12-11-30(44)35(3,4)28(36)10-13-37(29,6)38(26,7)22-31(39)45/h8,18-20,27-31,42-45H,9-17,21-22H2,1-7H3,(H,40,46)(H,41,47)/t27-,28-,29+,30-,31+,36-,37+,38+,39+/m0/s1. The number of hydrogen-bond donors (Lipinski definition) is 6. The molecule has 260 valence electrons. The molecule has 6 rings (SSSR count). The van der Waals surface area contributed by atoms with Crippen LogP contribution in [0.15, 0.2) is 29.8 Å². The first kappa shape index (κ1) is 34.3. The number of hydrogen-bond acceptors (Lipinski definition) is 6. The summed E-state index contributed by atoms with van der Waals surface area (Å²) in [5.41, 5.74) is 0.320. The maximum Gasteiger partial charge on any atom is 0.251 e. The zero-order valence-corrected chi connectivity index (χ0v) is 29.6. The number of benzene rings is 1. The van der Waals surface area contributed by atoms with Gasteiger partial charge in [0.15, 0.2) is 0 Å². The normalized spacial score (nSPS) is 41.6. The second-order valence-electron chi connectivity index (χ2n) is 18.1. The minimum Gasteiger partial charge on any atom is -0.508 e. The maximum absolute atomic E-state index is 14.4. The van der Waals surface area contributed by atoms with Crippen LogP contribution in [0.25, 0.3) is 0 Å². The van der Waals surface area contributed by atoms with Crippen molar-refractivity contribution in [3.8, 4) is 11.5 Å². The molecule has 6 N–H and O–H groups in total. The number of nitrogens with one attached hydrogen (secondary N) is 2. The topological polar surface area (TPSA) is 139 Å². The van der Waals surface area contributed by atoms with Crippen LogP contribution in [-0.4, -0.2) is 57.5 Å². The quantitative estimate of drug-likeness (QED) is 0.169. The highest BCUT2D eigenvalue weighted by Crippen LogP contribution is 2.75. The average Bonchev–Trinajstić information content (AvgIpc) is 2.97. The van der Waals surface area contributed by atoms with E-state index in [0.717, 1.165) is 51.0 Å². The largest absolute Gasteiger partial charge is 0.508 e. The van der Waals surface area contributed by atoms with Crippen LogP contribution in [0.2, 0.25) is 0 Å². The van der Waals surface area contributed by atoms with Gasteiger partial charge in [0.1, 0.15) is 11.5 Å². The van der Waals surface area contributed by atoms with E-state index < -0.39 is 17.4 Å². The van der Waals surface area contributed by atoms with Crippen molar-refractivity contribution in [2.24, 2.45) is 50.2 Å². The Labute approximate surface area is 280 Å². The summed E-state index contributed by atoms with van der Waals surface area (Å²) in [5, 5.41) is 48.7. The van der Waals surface area contributed by atoms with E-state index in [0.29, 0.717) is 24.7 Å². The Morgan fingerprint density at radius 2 is 1.45 bits per heavy atom. The molecule has 8 heteroatoms. The fourth-order valence-electron chi connectivity index (χ4n) is 12.1. The number of allylic oxidation sites excluding steroid dienone is 2. The summed E-state index contributed by atoms with van der Waals surface area (Å²) < 4.78 is 0. The zero-order valence-electron chi connectivity index (χ0n) is 29.6. The number of aliphatic hydroxyl groups excluding tert-OH is 2. The average molecular weight is 651 g/mol. The number of phenolic OH excluding ortho intramolecular Hbond substituents is 2. The molecule has 4 saturated carbocycles. The van der Waals surface area contributed by atoms with Crippen molar-refractivity contribution in [2.75, 3.05) is 13.1 Å². The molecule has 0 radical (unpaired) electrons. The molecule has 0 spiro atoms. The first-order valence-corrected chi connectivity index (χ1v) is 18.0. The summed E-state index contributed by atoms with van der Waals surface area (Å²) in [6.45, 7) is 16.8. The predicted molar refractivity (Wildman–Crippen MR) is 182 cm³/mol. The minimum absolute atomic E-state index is 0.0312. The van der Waals surface area contributed by atoms with Crippen molar-refractivity contribution >= 4 is 11.8 Å². The van der Waals surface area contributed by atoms with Crippen molar-refractivity contribution in [2.45, 2.75) is 118 Å². The number of amides is 2. The number of carbonyl (C=O) groups excluding carboxylic acids is 2. The summed E-state index contributed by atoms with van der Waals surface area (Å²) in [5.74, 6) is -0.177. The molecule has 9 atom stereocenters. The number of carbonyl (C=O) groups is 2. The van der Waals surface area contributed by atoms with Gasteiger partial charge in [-0.3, -0.25) is 9.59 Å². The number of aliphatic hydroxyl groups is 2. The van der Waals surface area contributed by atoms with Crippen molar-refractivity contribution < 1.29 is 30.0 Å². The molecular weight excluding hydrogens is 592 g/mol. The van der Waals surface area contributed by atoms with Gasteiger partial charge in [-0.1, -0.05) is 60.1 Å². The van der Waals surface area contributed by atoms with Gasteiger partial charge in [-0.15, -0.1) is 0 Å². The SMILES string of the molecule is CC1(C)CC[C@]2(C(=O)NCCNC(=O)c3cc(O)cc(O)c3)[C@H](O)C[C@]3(C)C(=CC[C@@H]4[C@@]5(C)CC[C@H](O)C(C)(C)[C@@H]5CC[C@]43C)[C@@H]2C1. The Bertz CT molecular complexity index is 1450. The van der Waals surface area contributed by atoms with Crippen molar-refractivity contribution in [3.63, 3.8) is 0 Å². The van der Waals surface area contributed by atoms with E-state index >= 15 is 0 Å². The molecule has 5 aliphatic rings. The van der Waals surface area contributed by atoms with E-state index in [-0.39, 0.29) is 75.2 Å². The van der Waals surface area contributed by atoms with Crippen molar-refractivity contribution in [1.29, 1.82) is 0 Å². The van der Waals surface area contributed by atoms with Crippen LogP contribution < -0.4 is 10.6 Å². The highest BCUT2D eigenvalue weighted by atomic mass is 16.3. The third-order valence-corrected chi connectivity index (χ3v) is 14.9. The first-order chi connectivity index (χ1) is 21.8. The number of rotatable bonds is 5. The van der Waals surface area contributed by atoms with E-state index in [1.54, 1.807) is 0 Å². The fraction of sp³-hybridized carbons (Fsp3) is 0.744. The first-order valence-electron chi connectivity index (χ1n) is 18.0. The van der Waals surface area contributed by atoms with E-state index in [1.807, 2.05) is 0 Å². The molecule has 0 heterocycles. The second kappa shape index (κ2) is 11.2. The number of aromatic hydroxyl groups is 2. The second-order valence-corrected chi connectivity index (χ2v) is 18.1. The van der Waals surface area contributed by atoms with Crippen LogP contribution in [0, 0.1) is 50.2 Å².